The van der Waals surface area contributed by atoms with Gasteiger partial charge in [-0.25, -0.2) is 0 Å². The minimum atomic E-state index is -0.840. The van der Waals surface area contributed by atoms with Gasteiger partial charge in [-0.1, -0.05) is 386 Å². The van der Waals surface area contributed by atoms with Gasteiger partial charge in [0, 0.05) is 12.8 Å². The number of carbonyl (C=O) groups is 2. The summed E-state index contributed by atoms with van der Waals surface area (Å²) in [6.07, 6.45) is 86.0. The predicted octanol–water partition coefficient (Wildman–Crippen LogP) is 23.5. The lowest BCUT2D eigenvalue weighted by atomic mass is 10.0. The number of ether oxygens (including phenoxy) is 1. The number of rotatable bonds is 69. The summed E-state index contributed by atoms with van der Waals surface area (Å²) in [5.74, 6) is -0.0353. The zero-order valence-corrected chi connectivity index (χ0v) is 53.9. The Morgan fingerprint density at radius 3 is 0.861 bits per heavy atom. The molecule has 0 aromatic rings. The van der Waals surface area contributed by atoms with E-state index in [1.165, 1.54) is 353 Å². The molecule has 470 valence electrons. The fourth-order valence-electron chi connectivity index (χ4n) is 11.8. The van der Waals surface area contributed by atoms with Crippen LogP contribution in [0.2, 0.25) is 0 Å². The molecule has 0 saturated heterocycles. The van der Waals surface area contributed by atoms with Crippen LogP contribution in [0.4, 0.5) is 0 Å². The van der Waals surface area contributed by atoms with E-state index in [2.05, 4.69) is 19.2 Å². The highest BCUT2D eigenvalue weighted by molar-refractivity contribution is 5.76. The first-order valence-electron chi connectivity index (χ1n) is 36.5. The largest absolute Gasteiger partial charge is 0.466 e. The minimum absolute atomic E-state index is 0.0253. The molecule has 0 bridgehead atoms. The Balaban J connectivity index is 3.31. The molecule has 0 rings (SSSR count). The van der Waals surface area contributed by atoms with Crippen molar-refractivity contribution in [3.8, 4) is 0 Å². The second-order valence-electron chi connectivity index (χ2n) is 25.3. The summed E-state index contributed by atoms with van der Waals surface area (Å²) in [5.41, 5.74) is 0. The standard InChI is InChI=1S/C73H143NO5/c1-3-5-7-9-11-13-15-17-38-43-47-51-55-59-63-67-73(78)79-68-64-60-56-52-48-44-40-37-35-33-31-29-27-25-23-21-19-20-22-24-26-28-30-32-34-36-39-42-46-50-54-58-62-66-72(77)74-70(69-75)71(76)65-61-57-53-49-45-41-18-16-14-12-10-8-6-4-2/h61,65,70-71,75-76H,3-60,62-64,66-69H2,1-2H3,(H,74,77)/b65-61+. The summed E-state index contributed by atoms with van der Waals surface area (Å²) in [6.45, 7) is 4.95. The van der Waals surface area contributed by atoms with Gasteiger partial charge >= 0.3 is 5.97 Å². The number of unbranched alkanes of at least 4 members (excludes halogenated alkanes) is 58. The maximum atomic E-state index is 12.5. The van der Waals surface area contributed by atoms with Gasteiger partial charge < -0.3 is 20.3 Å². The Morgan fingerprint density at radius 1 is 0.342 bits per heavy atom. The number of hydrogen-bond donors (Lipinski definition) is 3. The van der Waals surface area contributed by atoms with Crippen molar-refractivity contribution < 1.29 is 24.5 Å². The number of carbonyl (C=O) groups excluding carboxylic acids is 2. The van der Waals surface area contributed by atoms with Gasteiger partial charge in [-0.3, -0.25) is 9.59 Å². The molecular formula is C73H143NO5. The van der Waals surface area contributed by atoms with Crippen LogP contribution in [0.15, 0.2) is 12.2 Å². The van der Waals surface area contributed by atoms with E-state index in [1.807, 2.05) is 6.08 Å². The average Bonchev–Trinajstić information content (AvgIpc) is 3.45. The molecule has 0 radical (unpaired) electrons. The monoisotopic (exact) mass is 1110 g/mol. The van der Waals surface area contributed by atoms with Crippen LogP contribution in [0.1, 0.15) is 418 Å². The van der Waals surface area contributed by atoms with Crippen molar-refractivity contribution >= 4 is 11.9 Å². The number of esters is 1. The maximum absolute atomic E-state index is 12.5. The molecule has 0 aliphatic carbocycles. The van der Waals surface area contributed by atoms with Crippen molar-refractivity contribution in [1.29, 1.82) is 0 Å². The second-order valence-corrected chi connectivity index (χ2v) is 25.3. The zero-order valence-electron chi connectivity index (χ0n) is 53.9. The van der Waals surface area contributed by atoms with E-state index in [0.717, 1.165) is 38.5 Å². The molecule has 3 N–H and O–H groups in total. The van der Waals surface area contributed by atoms with Crippen molar-refractivity contribution in [3.63, 3.8) is 0 Å². The third-order valence-electron chi connectivity index (χ3n) is 17.3. The Hall–Kier alpha value is -1.40. The molecule has 2 atom stereocenters. The molecule has 79 heavy (non-hydrogen) atoms. The van der Waals surface area contributed by atoms with Crippen molar-refractivity contribution in [2.45, 2.75) is 431 Å². The first-order chi connectivity index (χ1) is 39.0. The summed E-state index contributed by atoms with van der Waals surface area (Å²) in [6, 6.07) is -0.623. The van der Waals surface area contributed by atoms with Gasteiger partial charge in [0.1, 0.15) is 0 Å². The van der Waals surface area contributed by atoms with Crippen molar-refractivity contribution in [2.24, 2.45) is 0 Å². The average molecular weight is 1110 g/mol. The quantitative estimate of drug-likeness (QED) is 0.0320. The maximum Gasteiger partial charge on any atom is 0.305 e. The van der Waals surface area contributed by atoms with Gasteiger partial charge in [0.15, 0.2) is 0 Å². The molecule has 6 heteroatoms. The molecule has 0 aliphatic rings. The van der Waals surface area contributed by atoms with Gasteiger partial charge in [-0.15, -0.1) is 0 Å². The molecule has 0 aromatic carbocycles. The van der Waals surface area contributed by atoms with Crippen molar-refractivity contribution in [3.05, 3.63) is 12.2 Å². The molecule has 0 aromatic heterocycles. The fraction of sp³-hybridized carbons (Fsp3) is 0.945. The Kier molecular flexibility index (Phi) is 67.9. The highest BCUT2D eigenvalue weighted by Gasteiger charge is 2.18. The van der Waals surface area contributed by atoms with E-state index in [4.69, 9.17) is 4.74 Å². The van der Waals surface area contributed by atoms with Crippen LogP contribution in [-0.2, 0) is 14.3 Å². The zero-order chi connectivity index (χ0) is 57.1. The SMILES string of the molecule is CCCCCCCCCCCCCC/C=C/C(O)C(CO)NC(=O)CCCCCCCCCCCCCCCCCCCCCCCCCCCCCCCCCCCOC(=O)CCCCCCCCCCCCCCCCC. The molecule has 0 fully saturated rings. The van der Waals surface area contributed by atoms with Gasteiger partial charge in [-0.05, 0) is 32.1 Å². The summed E-state index contributed by atoms with van der Waals surface area (Å²) in [4.78, 5) is 24.6. The number of amides is 1. The van der Waals surface area contributed by atoms with E-state index >= 15 is 0 Å². The van der Waals surface area contributed by atoms with E-state index < -0.39 is 12.1 Å². The lowest BCUT2D eigenvalue weighted by Gasteiger charge is -2.20. The smallest absolute Gasteiger partial charge is 0.305 e. The summed E-state index contributed by atoms with van der Waals surface area (Å²) < 4.78 is 5.50. The Morgan fingerprint density at radius 2 is 0.582 bits per heavy atom. The first-order valence-corrected chi connectivity index (χ1v) is 36.5. The van der Waals surface area contributed by atoms with E-state index in [-0.39, 0.29) is 18.5 Å². The normalized spacial score (nSPS) is 12.5. The summed E-state index contributed by atoms with van der Waals surface area (Å²) in [5, 5.41) is 23.1. The van der Waals surface area contributed by atoms with Crippen LogP contribution in [0.3, 0.4) is 0 Å². The molecular weight excluding hydrogens is 971 g/mol. The lowest BCUT2D eigenvalue weighted by Crippen LogP contribution is -2.45. The molecule has 6 nitrogen and oxygen atoms in total. The van der Waals surface area contributed by atoms with E-state index in [9.17, 15) is 19.8 Å². The summed E-state index contributed by atoms with van der Waals surface area (Å²) in [7, 11) is 0. The van der Waals surface area contributed by atoms with Crippen LogP contribution in [0.5, 0.6) is 0 Å². The molecule has 0 heterocycles. The third-order valence-corrected chi connectivity index (χ3v) is 17.3. The van der Waals surface area contributed by atoms with Gasteiger partial charge in [0.25, 0.3) is 0 Å². The minimum Gasteiger partial charge on any atom is -0.466 e. The fourth-order valence-corrected chi connectivity index (χ4v) is 11.8. The second kappa shape index (κ2) is 69.1. The number of aliphatic hydroxyl groups excluding tert-OH is 2. The number of allylic oxidation sites excluding steroid dienone is 1. The third kappa shape index (κ3) is 65.6. The molecule has 2 unspecified atom stereocenters. The Bertz CT molecular complexity index is 1190. The van der Waals surface area contributed by atoms with Crippen LogP contribution in [-0.4, -0.2) is 47.4 Å². The summed E-state index contributed by atoms with van der Waals surface area (Å²) >= 11 is 0. The van der Waals surface area contributed by atoms with Crippen LogP contribution in [0, 0.1) is 0 Å². The predicted molar refractivity (Wildman–Crippen MR) is 347 cm³/mol. The number of hydrogen-bond acceptors (Lipinski definition) is 5. The molecule has 0 saturated carbocycles. The van der Waals surface area contributed by atoms with Gasteiger partial charge in [0.05, 0.1) is 25.4 Å². The number of nitrogens with one attached hydrogen (secondary N) is 1. The topological polar surface area (TPSA) is 95.9 Å². The van der Waals surface area contributed by atoms with Gasteiger partial charge in [0.2, 0.25) is 5.91 Å². The van der Waals surface area contributed by atoms with Crippen LogP contribution in [0.25, 0.3) is 0 Å². The van der Waals surface area contributed by atoms with Crippen molar-refractivity contribution in [2.75, 3.05) is 13.2 Å². The highest BCUT2D eigenvalue weighted by atomic mass is 16.5. The molecule has 0 spiro atoms. The first kappa shape index (κ1) is 77.6. The van der Waals surface area contributed by atoms with Crippen LogP contribution >= 0.6 is 0 Å². The lowest BCUT2D eigenvalue weighted by molar-refractivity contribution is -0.143. The molecule has 1 amide bonds. The highest BCUT2D eigenvalue weighted by Crippen LogP contribution is 2.19. The van der Waals surface area contributed by atoms with Gasteiger partial charge in [-0.2, -0.15) is 0 Å². The number of aliphatic hydroxyl groups is 2. The Labute approximate surface area is 495 Å². The van der Waals surface area contributed by atoms with Crippen molar-refractivity contribution in [1.82, 2.24) is 5.32 Å². The van der Waals surface area contributed by atoms with E-state index in [1.54, 1.807) is 6.08 Å². The van der Waals surface area contributed by atoms with Crippen LogP contribution < -0.4 is 5.32 Å². The molecule has 0 aliphatic heterocycles. The van der Waals surface area contributed by atoms with E-state index in [0.29, 0.717) is 19.4 Å².